The molecule has 0 aromatic heterocycles. The molecule has 0 bridgehead atoms. The monoisotopic (exact) mass is 392 g/mol. The predicted octanol–water partition coefficient (Wildman–Crippen LogP) is 5.46. The van der Waals surface area contributed by atoms with Gasteiger partial charge in [0.25, 0.3) is 0 Å². The van der Waals surface area contributed by atoms with E-state index in [2.05, 4.69) is 0 Å². The van der Waals surface area contributed by atoms with Crippen LogP contribution in [0.3, 0.4) is 0 Å². The molecule has 0 aliphatic carbocycles. The number of allylic oxidation sites excluding steroid dienone is 1. The van der Waals surface area contributed by atoms with E-state index in [4.69, 9.17) is 21.1 Å². The Hall–Kier alpha value is -3.37. The van der Waals surface area contributed by atoms with E-state index in [0.29, 0.717) is 27.6 Å². The van der Waals surface area contributed by atoms with Crippen molar-refractivity contribution in [2.45, 2.75) is 0 Å². The molecule has 0 amide bonds. The average Bonchev–Trinajstić information content (AvgIpc) is 2.73. The van der Waals surface area contributed by atoms with Crippen molar-refractivity contribution in [2.24, 2.45) is 0 Å². The number of halogens is 1. The molecule has 0 N–H and O–H groups in total. The van der Waals surface area contributed by atoms with Crippen LogP contribution in [-0.2, 0) is 0 Å². The van der Waals surface area contributed by atoms with Crippen LogP contribution in [0.4, 0.5) is 0 Å². The number of ether oxygens (including phenoxy) is 2. The van der Waals surface area contributed by atoms with E-state index in [1.165, 1.54) is 6.08 Å². The molecule has 0 atom stereocenters. The summed E-state index contributed by atoms with van der Waals surface area (Å²) in [5.74, 6) is 0.512. The second-order valence-corrected chi connectivity index (χ2v) is 6.33. The number of rotatable bonds is 6. The Morgan fingerprint density at radius 2 is 1.36 bits per heavy atom. The Bertz CT molecular complexity index is 988. The van der Waals surface area contributed by atoms with Crippen LogP contribution in [-0.4, -0.2) is 18.9 Å². The van der Waals surface area contributed by atoms with Crippen LogP contribution in [0.5, 0.6) is 11.5 Å². The first kappa shape index (κ1) is 19.4. The highest BCUT2D eigenvalue weighted by molar-refractivity contribution is 6.30. The van der Waals surface area contributed by atoms with Gasteiger partial charge in [-0.05, 0) is 72.3 Å². The molecule has 0 aliphatic rings. The van der Waals surface area contributed by atoms with Gasteiger partial charge in [-0.25, -0.2) is 4.79 Å². The third kappa shape index (κ3) is 5.09. The fourth-order valence-corrected chi connectivity index (χ4v) is 2.55. The fourth-order valence-electron chi connectivity index (χ4n) is 2.42. The van der Waals surface area contributed by atoms with Gasteiger partial charge in [0.15, 0.2) is 5.78 Å². The molecule has 28 heavy (non-hydrogen) atoms. The lowest BCUT2D eigenvalue weighted by Crippen LogP contribution is -2.08. The highest BCUT2D eigenvalue weighted by Crippen LogP contribution is 2.17. The Kier molecular flexibility index (Phi) is 6.25. The minimum absolute atomic E-state index is 0.119. The topological polar surface area (TPSA) is 52.6 Å². The van der Waals surface area contributed by atoms with E-state index in [1.807, 2.05) is 0 Å². The second-order valence-electron chi connectivity index (χ2n) is 5.89. The predicted molar refractivity (Wildman–Crippen MR) is 109 cm³/mol. The number of hydrogen-bond acceptors (Lipinski definition) is 4. The zero-order valence-electron chi connectivity index (χ0n) is 15.1. The van der Waals surface area contributed by atoms with Gasteiger partial charge in [-0.15, -0.1) is 0 Å². The Labute approximate surface area is 168 Å². The molecule has 0 radical (unpaired) electrons. The molecular weight excluding hydrogens is 376 g/mol. The molecule has 0 saturated heterocycles. The molecule has 0 fully saturated rings. The maximum Gasteiger partial charge on any atom is 0.343 e. The van der Waals surface area contributed by atoms with E-state index in [9.17, 15) is 9.59 Å². The van der Waals surface area contributed by atoms with Crippen LogP contribution < -0.4 is 9.47 Å². The third-order valence-electron chi connectivity index (χ3n) is 3.97. The van der Waals surface area contributed by atoms with Crippen molar-refractivity contribution in [3.05, 3.63) is 101 Å². The first-order chi connectivity index (χ1) is 13.5. The lowest BCUT2D eigenvalue weighted by molar-refractivity contribution is 0.0734. The van der Waals surface area contributed by atoms with Gasteiger partial charge in [0.1, 0.15) is 11.5 Å². The van der Waals surface area contributed by atoms with Gasteiger partial charge < -0.3 is 9.47 Å². The van der Waals surface area contributed by atoms with Crippen molar-refractivity contribution in [3.8, 4) is 11.5 Å². The summed E-state index contributed by atoms with van der Waals surface area (Å²) >= 11 is 5.82. The van der Waals surface area contributed by atoms with Gasteiger partial charge in [0.2, 0.25) is 0 Å². The van der Waals surface area contributed by atoms with Crippen molar-refractivity contribution >= 4 is 29.4 Å². The molecule has 0 aliphatic heterocycles. The Morgan fingerprint density at radius 3 is 1.96 bits per heavy atom. The molecule has 0 spiro atoms. The summed E-state index contributed by atoms with van der Waals surface area (Å²) in [6, 6.07) is 20.3. The Morgan fingerprint density at radius 1 is 0.786 bits per heavy atom. The van der Waals surface area contributed by atoms with Gasteiger partial charge in [-0.2, -0.15) is 0 Å². The number of methoxy groups -OCH3 is 1. The Balaban J connectivity index is 1.61. The van der Waals surface area contributed by atoms with Crippen molar-refractivity contribution < 1.29 is 19.1 Å². The third-order valence-corrected chi connectivity index (χ3v) is 4.22. The molecule has 5 heteroatoms. The largest absolute Gasteiger partial charge is 0.497 e. The zero-order valence-corrected chi connectivity index (χ0v) is 15.8. The summed E-state index contributed by atoms with van der Waals surface area (Å²) in [5, 5.41) is 0.584. The van der Waals surface area contributed by atoms with Crippen molar-refractivity contribution in [2.75, 3.05) is 7.11 Å². The lowest BCUT2D eigenvalue weighted by atomic mass is 10.1. The number of benzene rings is 3. The normalized spacial score (nSPS) is 10.6. The quantitative estimate of drug-likeness (QED) is 0.242. The number of hydrogen-bond donors (Lipinski definition) is 0. The number of carbonyl (C=O) groups is 2. The van der Waals surface area contributed by atoms with Crippen molar-refractivity contribution in [1.82, 2.24) is 0 Å². The highest BCUT2D eigenvalue weighted by Gasteiger charge is 2.08. The van der Waals surface area contributed by atoms with Gasteiger partial charge >= 0.3 is 5.97 Å². The summed E-state index contributed by atoms with van der Waals surface area (Å²) in [6.45, 7) is 0. The average molecular weight is 393 g/mol. The van der Waals surface area contributed by atoms with E-state index >= 15 is 0 Å². The molecular formula is C23H17ClO4. The molecule has 0 unspecified atom stereocenters. The van der Waals surface area contributed by atoms with Crippen LogP contribution >= 0.6 is 11.6 Å². The number of esters is 1. The number of carbonyl (C=O) groups excluding carboxylic acids is 2. The second kappa shape index (κ2) is 9.02. The van der Waals surface area contributed by atoms with E-state index in [-0.39, 0.29) is 5.78 Å². The maximum absolute atomic E-state index is 12.2. The zero-order chi connectivity index (χ0) is 19.9. The van der Waals surface area contributed by atoms with Gasteiger partial charge in [0, 0.05) is 10.6 Å². The molecule has 0 heterocycles. The van der Waals surface area contributed by atoms with E-state index in [1.54, 1.807) is 86.0 Å². The summed E-state index contributed by atoms with van der Waals surface area (Å²) < 4.78 is 10.4. The molecule has 3 rings (SSSR count). The van der Waals surface area contributed by atoms with Gasteiger partial charge in [-0.3, -0.25) is 4.79 Å². The maximum atomic E-state index is 12.2. The molecule has 3 aromatic rings. The van der Waals surface area contributed by atoms with Crippen LogP contribution in [0.2, 0.25) is 5.02 Å². The van der Waals surface area contributed by atoms with Gasteiger partial charge in [0.05, 0.1) is 12.7 Å². The van der Waals surface area contributed by atoms with Crippen LogP contribution in [0.25, 0.3) is 6.08 Å². The minimum Gasteiger partial charge on any atom is -0.497 e. The van der Waals surface area contributed by atoms with E-state index in [0.717, 1.165) is 5.56 Å². The molecule has 140 valence electrons. The van der Waals surface area contributed by atoms with Gasteiger partial charge in [-0.1, -0.05) is 29.8 Å². The minimum atomic E-state index is -0.455. The van der Waals surface area contributed by atoms with Crippen molar-refractivity contribution in [1.29, 1.82) is 0 Å². The smallest absolute Gasteiger partial charge is 0.343 e. The van der Waals surface area contributed by atoms with Crippen LogP contribution in [0, 0.1) is 0 Å². The summed E-state index contributed by atoms with van der Waals surface area (Å²) in [6.07, 6.45) is 3.19. The molecule has 0 saturated carbocycles. The highest BCUT2D eigenvalue weighted by atomic mass is 35.5. The number of ketones is 1. The van der Waals surface area contributed by atoms with Crippen LogP contribution in [0.1, 0.15) is 26.3 Å². The standard InChI is InChI=1S/C23H17ClO4/c1-27-20-13-7-18(8-14-20)23(26)28-21-11-2-16(3-12-21)4-15-22(25)17-5-9-19(24)10-6-17/h2-15H,1H3/b15-4+. The SMILES string of the molecule is COc1ccc(C(=O)Oc2ccc(/C=C/C(=O)c3ccc(Cl)cc3)cc2)cc1. The molecule has 4 nitrogen and oxygen atoms in total. The summed E-state index contributed by atoms with van der Waals surface area (Å²) in [4.78, 5) is 24.3. The first-order valence-corrected chi connectivity index (χ1v) is 8.87. The molecule has 3 aromatic carbocycles. The van der Waals surface area contributed by atoms with Crippen LogP contribution in [0.15, 0.2) is 78.9 Å². The lowest BCUT2D eigenvalue weighted by Gasteiger charge is -2.05. The summed E-state index contributed by atoms with van der Waals surface area (Å²) in [7, 11) is 1.56. The van der Waals surface area contributed by atoms with Crippen molar-refractivity contribution in [3.63, 3.8) is 0 Å². The fraction of sp³-hybridized carbons (Fsp3) is 0.0435. The summed E-state index contributed by atoms with van der Waals surface area (Å²) in [5.41, 5.74) is 1.80. The van der Waals surface area contributed by atoms with E-state index < -0.39 is 5.97 Å². The first-order valence-electron chi connectivity index (χ1n) is 8.49.